The van der Waals surface area contributed by atoms with E-state index in [1.807, 2.05) is 0 Å². The molecule has 0 aromatic heterocycles. The summed E-state index contributed by atoms with van der Waals surface area (Å²) in [6, 6.07) is 0. The first kappa shape index (κ1) is 48.7. The summed E-state index contributed by atoms with van der Waals surface area (Å²) < 4.78 is 32.6. The molecule has 0 fully saturated rings. The number of phosphoric ester groups is 1. The highest BCUT2D eigenvalue weighted by Gasteiger charge is 2.27. The van der Waals surface area contributed by atoms with Crippen LogP contribution in [0.2, 0.25) is 0 Å². The zero-order chi connectivity index (χ0) is 37.0. The number of esters is 2. The quantitative estimate of drug-likeness (QED) is 0.0242. The predicted molar refractivity (Wildman–Crippen MR) is 201 cm³/mol. The van der Waals surface area contributed by atoms with Crippen molar-refractivity contribution >= 4 is 19.8 Å². The maximum Gasteiger partial charge on any atom is 0.472 e. The van der Waals surface area contributed by atoms with Crippen LogP contribution in [-0.2, 0) is 32.7 Å². The molecule has 3 atom stereocenters. The van der Waals surface area contributed by atoms with Crippen LogP contribution in [0.4, 0.5) is 0 Å². The number of phosphoric acid groups is 1. The summed E-state index contributed by atoms with van der Waals surface area (Å²) in [5.41, 5.74) is 0. The SMILES string of the molecule is CCCCCCCCCC/C=C/CCCCCC(=O)OC[C@H](COP(=O)(O)OC[C@@H](O)CO)OC(=O)CCCCCCCCCCCCCC. The number of unbranched alkanes of at least 4 members (excludes halogenated alkanes) is 22. The molecule has 10 nitrogen and oxygen atoms in total. The minimum absolute atomic E-state index is 0.186. The molecule has 0 saturated carbocycles. The zero-order valence-electron chi connectivity index (χ0n) is 31.9. The van der Waals surface area contributed by atoms with Crippen molar-refractivity contribution < 1.29 is 47.8 Å². The molecular formula is C39H75O10P. The second-order valence-electron chi connectivity index (χ2n) is 13.7. The first-order chi connectivity index (χ1) is 24.2. The van der Waals surface area contributed by atoms with Crippen LogP contribution in [0.1, 0.15) is 187 Å². The van der Waals surface area contributed by atoms with Crippen molar-refractivity contribution in [2.45, 2.75) is 199 Å². The number of hydrogen-bond acceptors (Lipinski definition) is 9. The van der Waals surface area contributed by atoms with Crippen LogP contribution in [-0.4, -0.2) is 65.7 Å². The Bertz CT molecular complexity index is 853. The molecule has 0 rings (SSSR count). The van der Waals surface area contributed by atoms with Gasteiger partial charge in [-0.15, -0.1) is 0 Å². The molecule has 0 spiro atoms. The zero-order valence-corrected chi connectivity index (χ0v) is 32.8. The molecule has 296 valence electrons. The number of ether oxygens (including phenoxy) is 2. The molecule has 11 heteroatoms. The van der Waals surface area contributed by atoms with Gasteiger partial charge in [0.15, 0.2) is 6.10 Å². The predicted octanol–water partition coefficient (Wildman–Crippen LogP) is 10.1. The lowest BCUT2D eigenvalue weighted by Gasteiger charge is -2.20. The minimum atomic E-state index is -4.61. The minimum Gasteiger partial charge on any atom is -0.462 e. The van der Waals surface area contributed by atoms with E-state index in [0.717, 1.165) is 44.9 Å². The van der Waals surface area contributed by atoms with Crippen molar-refractivity contribution in [2.75, 3.05) is 26.4 Å². The Morgan fingerprint density at radius 3 is 1.46 bits per heavy atom. The van der Waals surface area contributed by atoms with Crippen LogP contribution in [0.15, 0.2) is 12.2 Å². The van der Waals surface area contributed by atoms with Gasteiger partial charge < -0.3 is 24.6 Å². The fourth-order valence-electron chi connectivity index (χ4n) is 5.52. The van der Waals surface area contributed by atoms with Crippen LogP contribution in [0.25, 0.3) is 0 Å². The Balaban J connectivity index is 4.34. The van der Waals surface area contributed by atoms with Crippen molar-refractivity contribution in [1.82, 2.24) is 0 Å². The third-order valence-corrected chi connectivity index (χ3v) is 9.62. The lowest BCUT2D eigenvalue weighted by molar-refractivity contribution is -0.161. The first-order valence-electron chi connectivity index (χ1n) is 20.1. The highest BCUT2D eigenvalue weighted by molar-refractivity contribution is 7.47. The number of rotatable bonds is 38. The topological polar surface area (TPSA) is 149 Å². The van der Waals surface area contributed by atoms with E-state index in [2.05, 4.69) is 30.5 Å². The van der Waals surface area contributed by atoms with E-state index in [9.17, 15) is 24.2 Å². The standard InChI is InChI=1S/C39H75O10P/c1-3-5-7-9-11-13-15-17-18-19-21-22-24-26-28-30-38(42)46-34-37(35-48-50(44,45)47-33-36(41)32-40)49-39(43)31-29-27-25-23-20-16-14-12-10-8-6-4-2/h19,21,36-37,40-41H,3-18,20,22-35H2,1-2H3,(H,44,45)/b21-19+/t36-,37+/m0/s1. The van der Waals surface area contributed by atoms with Crippen LogP contribution in [0.3, 0.4) is 0 Å². The highest BCUT2D eigenvalue weighted by Crippen LogP contribution is 2.43. The lowest BCUT2D eigenvalue weighted by Crippen LogP contribution is -2.29. The summed E-state index contributed by atoms with van der Waals surface area (Å²) in [5, 5.41) is 18.3. The highest BCUT2D eigenvalue weighted by atomic mass is 31.2. The molecule has 0 aliphatic carbocycles. The van der Waals surface area contributed by atoms with Gasteiger partial charge in [-0.1, -0.05) is 148 Å². The largest absolute Gasteiger partial charge is 0.472 e. The van der Waals surface area contributed by atoms with Crippen molar-refractivity contribution in [3.05, 3.63) is 12.2 Å². The van der Waals surface area contributed by atoms with Crippen LogP contribution < -0.4 is 0 Å². The van der Waals surface area contributed by atoms with Gasteiger partial charge in [0.25, 0.3) is 0 Å². The monoisotopic (exact) mass is 735 g/mol. The molecule has 3 N–H and O–H groups in total. The van der Waals surface area contributed by atoms with Crippen LogP contribution >= 0.6 is 7.82 Å². The fraction of sp³-hybridized carbons (Fsp3) is 0.897. The van der Waals surface area contributed by atoms with Gasteiger partial charge in [0.1, 0.15) is 12.7 Å². The summed E-state index contributed by atoms with van der Waals surface area (Å²) in [5.74, 6) is -0.937. The maximum absolute atomic E-state index is 12.5. The number of carbonyl (C=O) groups excluding carboxylic acids is 2. The smallest absolute Gasteiger partial charge is 0.462 e. The van der Waals surface area contributed by atoms with Gasteiger partial charge in [0.2, 0.25) is 0 Å². The van der Waals surface area contributed by atoms with Crippen molar-refractivity contribution in [2.24, 2.45) is 0 Å². The Hall–Kier alpha value is -1.29. The fourth-order valence-corrected chi connectivity index (χ4v) is 6.31. The number of aliphatic hydroxyl groups is 2. The van der Waals surface area contributed by atoms with Gasteiger partial charge in [-0.05, 0) is 38.5 Å². The molecule has 0 bridgehead atoms. The van der Waals surface area contributed by atoms with Gasteiger partial charge in [-0.2, -0.15) is 0 Å². The first-order valence-corrected chi connectivity index (χ1v) is 21.6. The lowest BCUT2D eigenvalue weighted by atomic mass is 10.0. The molecule has 1 unspecified atom stereocenters. The molecule has 50 heavy (non-hydrogen) atoms. The summed E-state index contributed by atoms with van der Waals surface area (Å²) in [4.78, 5) is 34.8. The maximum atomic E-state index is 12.5. The molecule has 0 aliphatic heterocycles. The third kappa shape index (κ3) is 35.1. The Morgan fingerprint density at radius 2 is 0.980 bits per heavy atom. The van der Waals surface area contributed by atoms with Gasteiger partial charge in [-0.25, -0.2) is 4.57 Å². The molecule has 0 aromatic rings. The molecule has 0 radical (unpaired) electrons. The average Bonchev–Trinajstić information content (AvgIpc) is 3.10. The van der Waals surface area contributed by atoms with E-state index in [1.165, 1.54) is 103 Å². The molecule has 0 heterocycles. The van der Waals surface area contributed by atoms with E-state index in [-0.39, 0.29) is 19.4 Å². The Kier molecular flexibility index (Phi) is 35.2. The van der Waals surface area contributed by atoms with Gasteiger partial charge in [-0.3, -0.25) is 18.6 Å². The van der Waals surface area contributed by atoms with E-state index < -0.39 is 51.8 Å². The van der Waals surface area contributed by atoms with E-state index in [1.54, 1.807) is 0 Å². The Morgan fingerprint density at radius 1 is 0.580 bits per heavy atom. The third-order valence-electron chi connectivity index (χ3n) is 8.67. The number of aliphatic hydroxyl groups excluding tert-OH is 2. The van der Waals surface area contributed by atoms with Gasteiger partial charge >= 0.3 is 19.8 Å². The number of hydrogen-bond donors (Lipinski definition) is 3. The van der Waals surface area contributed by atoms with Crippen molar-refractivity contribution in [3.63, 3.8) is 0 Å². The average molecular weight is 735 g/mol. The number of allylic oxidation sites excluding steroid dienone is 2. The molecule has 0 amide bonds. The van der Waals surface area contributed by atoms with E-state index in [4.69, 9.17) is 19.1 Å². The van der Waals surface area contributed by atoms with Crippen molar-refractivity contribution in [3.8, 4) is 0 Å². The summed E-state index contributed by atoms with van der Waals surface area (Å²) in [6.45, 7) is 2.36. The van der Waals surface area contributed by atoms with Crippen molar-refractivity contribution in [1.29, 1.82) is 0 Å². The van der Waals surface area contributed by atoms with Gasteiger partial charge in [0.05, 0.1) is 19.8 Å². The van der Waals surface area contributed by atoms with Crippen LogP contribution in [0.5, 0.6) is 0 Å². The Labute approximate surface area is 305 Å². The molecule has 0 saturated heterocycles. The molecule has 0 aliphatic rings. The normalized spacial score (nSPS) is 14.1. The second kappa shape index (κ2) is 36.1. The molecular weight excluding hydrogens is 659 g/mol. The molecule has 0 aromatic carbocycles. The number of carbonyl (C=O) groups is 2. The van der Waals surface area contributed by atoms with E-state index >= 15 is 0 Å². The second-order valence-corrected chi connectivity index (χ2v) is 15.1. The van der Waals surface area contributed by atoms with Gasteiger partial charge in [0, 0.05) is 12.8 Å². The summed E-state index contributed by atoms with van der Waals surface area (Å²) >= 11 is 0. The van der Waals surface area contributed by atoms with Crippen LogP contribution in [0, 0.1) is 0 Å². The summed E-state index contributed by atoms with van der Waals surface area (Å²) in [7, 11) is -4.61. The van der Waals surface area contributed by atoms with E-state index in [0.29, 0.717) is 12.8 Å². The summed E-state index contributed by atoms with van der Waals surface area (Å²) in [6.07, 6.45) is 31.8.